The molecule has 2 heterocycles. The second-order valence-corrected chi connectivity index (χ2v) is 8.71. The zero-order valence-electron chi connectivity index (χ0n) is 10.7. The fourth-order valence-corrected chi connectivity index (χ4v) is 5.46. The van der Waals surface area contributed by atoms with Crippen molar-refractivity contribution in [2.24, 2.45) is 5.92 Å². The predicted octanol–water partition coefficient (Wildman–Crippen LogP) is 5.07. The molecular formula is C14H17Br2NOS. The van der Waals surface area contributed by atoms with Crippen molar-refractivity contribution < 1.29 is 4.79 Å². The normalized spacial score (nSPS) is 24.3. The van der Waals surface area contributed by atoms with Crippen molar-refractivity contribution in [3.05, 3.63) is 19.2 Å². The Kier molecular flexibility index (Phi) is 4.34. The van der Waals surface area contributed by atoms with Crippen molar-refractivity contribution in [1.82, 2.24) is 4.90 Å². The van der Waals surface area contributed by atoms with Crippen molar-refractivity contribution in [3.63, 3.8) is 0 Å². The first-order chi connectivity index (χ1) is 9.16. The molecule has 1 aliphatic carbocycles. The number of likely N-dealkylation sites (tertiary alicyclic amines) is 1. The molecule has 0 spiro atoms. The van der Waals surface area contributed by atoms with E-state index in [2.05, 4.69) is 36.8 Å². The molecule has 104 valence electrons. The Hall–Kier alpha value is 0.130. The number of hydrogen-bond donors (Lipinski definition) is 0. The van der Waals surface area contributed by atoms with Crippen molar-refractivity contribution in [2.45, 2.75) is 44.6 Å². The molecule has 1 saturated carbocycles. The van der Waals surface area contributed by atoms with Crippen LogP contribution in [-0.4, -0.2) is 23.4 Å². The summed E-state index contributed by atoms with van der Waals surface area (Å²) in [5.74, 6) is 0.976. The van der Waals surface area contributed by atoms with Crippen LogP contribution in [0.1, 0.15) is 48.2 Å². The first kappa shape index (κ1) is 14.1. The smallest absolute Gasteiger partial charge is 0.264 e. The zero-order chi connectivity index (χ0) is 13.4. The number of thiophene rings is 1. The molecule has 1 amide bonds. The first-order valence-electron chi connectivity index (χ1n) is 6.92. The molecule has 2 fully saturated rings. The van der Waals surface area contributed by atoms with Crippen molar-refractivity contribution in [1.29, 1.82) is 0 Å². The third-order valence-corrected chi connectivity index (χ3v) is 7.60. The molecule has 2 aliphatic rings. The van der Waals surface area contributed by atoms with Crippen LogP contribution in [0.25, 0.3) is 0 Å². The number of hydrogen-bond acceptors (Lipinski definition) is 2. The third kappa shape index (κ3) is 2.79. The van der Waals surface area contributed by atoms with E-state index in [0.29, 0.717) is 6.04 Å². The lowest BCUT2D eigenvalue weighted by molar-refractivity contribution is 0.0694. The van der Waals surface area contributed by atoms with E-state index in [1.54, 1.807) is 0 Å². The van der Waals surface area contributed by atoms with E-state index in [1.165, 1.54) is 49.9 Å². The van der Waals surface area contributed by atoms with Gasteiger partial charge in [-0.15, -0.1) is 11.3 Å². The van der Waals surface area contributed by atoms with E-state index in [4.69, 9.17) is 0 Å². The average Bonchev–Trinajstić information content (AvgIpc) is 3.09. The number of carbonyl (C=O) groups excluding carboxylic acids is 1. The van der Waals surface area contributed by atoms with Crippen molar-refractivity contribution >= 4 is 49.1 Å². The SMILES string of the molecule is O=C(c1cc(Br)c(Br)s1)N1CCCC1C1CCCC1. The monoisotopic (exact) mass is 405 g/mol. The van der Waals surface area contributed by atoms with Gasteiger partial charge in [-0.05, 0) is 69.5 Å². The van der Waals surface area contributed by atoms with Gasteiger partial charge in [-0.2, -0.15) is 0 Å². The summed E-state index contributed by atoms with van der Waals surface area (Å²) in [7, 11) is 0. The fraction of sp³-hybridized carbons (Fsp3) is 0.643. The van der Waals surface area contributed by atoms with Crippen LogP contribution in [0.4, 0.5) is 0 Å². The van der Waals surface area contributed by atoms with Crippen LogP contribution in [0.5, 0.6) is 0 Å². The predicted molar refractivity (Wildman–Crippen MR) is 85.7 cm³/mol. The van der Waals surface area contributed by atoms with Gasteiger partial charge in [0.25, 0.3) is 5.91 Å². The molecule has 19 heavy (non-hydrogen) atoms. The Bertz CT molecular complexity index is 462. The molecule has 2 nitrogen and oxygen atoms in total. The maximum absolute atomic E-state index is 12.7. The van der Waals surface area contributed by atoms with E-state index in [0.717, 1.165) is 25.6 Å². The topological polar surface area (TPSA) is 20.3 Å². The lowest BCUT2D eigenvalue weighted by Gasteiger charge is -2.29. The molecule has 1 unspecified atom stereocenters. The minimum atomic E-state index is 0.228. The van der Waals surface area contributed by atoms with Crippen molar-refractivity contribution in [2.75, 3.05) is 6.54 Å². The van der Waals surface area contributed by atoms with Gasteiger partial charge in [0.15, 0.2) is 0 Å². The number of carbonyl (C=O) groups is 1. The molecule has 1 saturated heterocycles. The van der Waals surface area contributed by atoms with Crippen LogP contribution in [0.3, 0.4) is 0 Å². The van der Waals surface area contributed by atoms with E-state index in [1.807, 2.05) is 6.07 Å². The van der Waals surface area contributed by atoms with Gasteiger partial charge in [-0.1, -0.05) is 12.8 Å². The van der Waals surface area contributed by atoms with Gasteiger partial charge < -0.3 is 4.90 Å². The highest BCUT2D eigenvalue weighted by atomic mass is 79.9. The third-order valence-electron chi connectivity index (χ3n) is 4.36. The lowest BCUT2D eigenvalue weighted by Crippen LogP contribution is -2.39. The molecule has 3 rings (SSSR count). The number of amides is 1. The summed E-state index contributed by atoms with van der Waals surface area (Å²) < 4.78 is 1.99. The fourth-order valence-electron chi connectivity index (χ4n) is 3.47. The van der Waals surface area contributed by atoms with Crippen LogP contribution in [0.15, 0.2) is 14.3 Å². The van der Waals surface area contributed by atoms with E-state index in [-0.39, 0.29) is 5.91 Å². The molecule has 5 heteroatoms. The second-order valence-electron chi connectivity index (χ2n) is 5.48. The summed E-state index contributed by atoms with van der Waals surface area (Å²) in [5, 5.41) is 0. The zero-order valence-corrected chi connectivity index (χ0v) is 14.7. The standard InChI is InChI=1S/C14H17Br2NOS/c15-10-8-12(19-13(10)16)14(18)17-7-3-6-11(17)9-4-1-2-5-9/h8-9,11H,1-7H2. The highest BCUT2D eigenvalue weighted by molar-refractivity contribution is 9.13. The van der Waals surface area contributed by atoms with Gasteiger partial charge in [0, 0.05) is 17.1 Å². The molecule has 1 atom stereocenters. The molecule has 1 aromatic heterocycles. The molecule has 0 aromatic carbocycles. The summed E-state index contributed by atoms with van der Waals surface area (Å²) in [6.07, 6.45) is 7.68. The number of nitrogens with zero attached hydrogens (tertiary/aromatic N) is 1. The summed E-state index contributed by atoms with van der Waals surface area (Å²) >= 11 is 8.47. The summed E-state index contributed by atoms with van der Waals surface area (Å²) in [4.78, 5) is 15.7. The lowest BCUT2D eigenvalue weighted by atomic mass is 9.96. The van der Waals surface area contributed by atoms with Crippen LogP contribution in [0.2, 0.25) is 0 Å². The molecule has 1 aliphatic heterocycles. The minimum absolute atomic E-state index is 0.228. The quantitative estimate of drug-likeness (QED) is 0.671. The largest absolute Gasteiger partial charge is 0.335 e. The van der Waals surface area contributed by atoms with Crippen LogP contribution in [0, 0.1) is 5.92 Å². The van der Waals surface area contributed by atoms with E-state index >= 15 is 0 Å². The molecule has 0 bridgehead atoms. The Labute approximate surface area is 134 Å². The Balaban J connectivity index is 1.78. The molecule has 1 aromatic rings. The Morgan fingerprint density at radius 1 is 1.21 bits per heavy atom. The molecule has 0 radical (unpaired) electrons. The Morgan fingerprint density at radius 3 is 2.58 bits per heavy atom. The maximum atomic E-state index is 12.7. The minimum Gasteiger partial charge on any atom is -0.335 e. The van der Waals surface area contributed by atoms with Gasteiger partial charge in [-0.3, -0.25) is 4.79 Å². The van der Waals surface area contributed by atoms with E-state index in [9.17, 15) is 4.79 Å². The number of rotatable bonds is 2. The van der Waals surface area contributed by atoms with E-state index < -0.39 is 0 Å². The van der Waals surface area contributed by atoms with Gasteiger partial charge in [0.2, 0.25) is 0 Å². The van der Waals surface area contributed by atoms with Crippen LogP contribution < -0.4 is 0 Å². The average molecular weight is 407 g/mol. The number of halogens is 2. The summed E-state index contributed by atoms with van der Waals surface area (Å²) in [5.41, 5.74) is 0. The van der Waals surface area contributed by atoms with Crippen LogP contribution >= 0.6 is 43.2 Å². The second kappa shape index (κ2) is 5.86. The van der Waals surface area contributed by atoms with Gasteiger partial charge in [0.1, 0.15) is 0 Å². The van der Waals surface area contributed by atoms with Gasteiger partial charge in [0.05, 0.1) is 8.66 Å². The summed E-state index contributed by atoms with van der Waals surface area (Å²) in [6.45, 7) is 0.938. The maximum Gasteiger partial charge on any atom is 0.264 e. The summed E-state index contributed by atoms with van der Waals surface area (Å²) in [6, 6.07) is 2.44. The highest BCUT2D eigenvalue weighted by Gasteiger charge is 2.36. The molecule has 0 N–H and O–H groups in total. The van der Waals surface area contributed by atoms with Gasteiger partial charge in [-0.25, -0.2) is 0 Å². The molecular weight excluding hydrogens is 390 g/mol. The van der Waals surface area contributed by atoms with Crippen LogP contribution in [-0.2, 0) is 0 Å². The van der Waals surface area contributed by atoms with Gasteiger partial charge >= 0.3 is 0 Å². The Morgan fingerprint density at radius 2 is 1.95 bits per heavy atom. The first-order valence-corrected chi connectivity index (χ1v) is 9.33. The highest BCUT2D eigenvalue weighted by Crippen LogP contribution is 2.38. The van der Waals surface area contributed by atoms with Crippen molar-refractivity contribution in [3.8, 4) is 0 Å².